The Balaban J connectivity index is 1.24. The first-order valence-electron chi connectivity index (χ1n) is 10.4. The molecule has 0 radical (unpaired) electrons. The lowest BCUT2D eigenvalue weighted by atomic mass is 9.91. The normalized spacial score (nSPS) is 18.6. The number of piperidine rings is 1. The summed E-state index contributed by atoms with van der Waals surface area (Å²) in [5.41, 5.74) is 3.05. The van der Waals surface area contributed by atoms with Crippen LogP contribution in [-0.4, -0.2) is 34.0 Å². The molecule has 0 N–H and O–H groups in total. The van der Waals surface area contributed by atoms with Gasteiger partial charge < -0.3 is 9.42 Å². The van der Waals surface area contributed by atoms with Gasteiger partial charge in [0.15, 0.2) is 0 Å². The van der Waals surface area contributed by atoms with Gasteiger partial charge in [-0.25, -0.2) is 0 Å². The highest BCUT2D eigenvalue weighted by molar-refractivity contribution is 5.91. The lowest BCUT2D eigenvalue weighted by Gasteiger charge is -2.33. The van der Waals surface area contributed by atoms with Crippen molar-refractivity contribution in [2.24, 2.45) is 0 Å². The Morgan fingerprint density at radius 3 is 2.38 bits per heavy atom. The topological polar surface area (TPSA) is 59.2 Å². The Morgan fingerprint density at radius 2 is 1.72 bits per heavy atom. The number of hydrogen-bond donors (Lipinski definition) is 0. The summed E-state index contributed by atoms with van der Waals surface area (Å²) >= 11 is 0. The SMILES string of the molecule is Cc1ccc(-c2noc(C3CCN(C(=O)C4(c5ccccc5)CC4)CC3)n2)cc1. The molecule has 2 aromatic carbocycles. The number of carbonyl (C=O) groups excluding carboxylic acids is 1. The molecule has 0 bridgehead atoms. The van der Waals surface area contributed by atoms with E-state index >= 15 is 0 Å². The second-order valence-corrected chi connectivity index (χ2v) is 8.34. The van der Waals surface area contributed by atoms with Gasteiger partial charge in [-0.3, -0.25) is 4.79 Å². The Kier molecular flexibility index (Phi) is 4.46. The molecule has 1 amide bonds. The number of rotatable bonds is 4. The van der Waals surface area contributed by atoms with E-state index in [1.54, 1.807) is 0 Å². The second-order valence-electron chi connectivity index (χ2n) is 8.34. The Hall–Kier alpha value is -2.95. The fourth-order valence-corrected chi connectivity index (χ4v) is 4.36. The molecule has 5 nitrogen and oxygen atoms in total. The molecular weight excluding hydrogens is 362 g/mol. The predicted octanol–water partition coefficient (Wildman–Crippen LogP) is 4.48. The zero-order valence-electron chi connectivity index (χ0n) is 16.7. The first kappa shape index (κ1) is 18.1. The molecule has 5 rings (SSSR count). The smallest absolute Gasteiger partial charge is 0.233 e. The zero-order chi connectivity index (χ0) is 19.8. The lowest BCUT2D eigenvalue weighted by Crippen LogP contribution is -2.43. The standard InChI is InChI=1S/C24H25N3O2/c1-17-7-9-18(10-8-17)21-25-22(29-26-21)19-11-15-27(16-12-19)23(28)24(13-14-24)20-5-3-2-4-6-20/h2-10,19H,11-16H2,1H3. The van der Waals surface area contributed by atoms with Gasteiger partial charge in [0.2, 0.25) is 17.6 Å². The van der Waals surface area contributed by atoms with Gasteiger partial charge in [-0.15, -0.1) is 0 Å². The van der Waals surface area contributed by atoms with E-state index in [0.717, 1.165) is 49.9 Å². The van der Waals surface area contributed by atoms with Gasteiger partial charge in [0.05, 0.1) is 5.41 Å². The highest BCUT2D eigenvalue weighted by Crippen LogP contribution is 2.50. The molecule has 0 spiro atoms. The van der Waals surface area contributed by atoms with Crippen molar-refractivity contribution in [3.05, 3.63) is 71.6 Å². The summed E-state index contributed by atoms with van der Waals surface area (Å²) in [7, 11) is 0. The van der Waals surface area contributed by atoms with Crippen molar-refractivity contribution in [1.29, 1.82) is 0 Å². The molecule has 1 aromatic heterocycles. The molecule has 5 heteroatoms. The van der Waals surface area contributed by atoms with E-state index in [4.69, 9.17) is 4.52 Å². The summed E-state index contributed by atoms with van der Waals surface area (Å²) in [6.07, 6.45) is 3.65. The lowest BCUT2D eigenvalue weighted by molar-refractivity contribution is -0.135. The van der Waals surface area contributed by atoms with Crippen molar-refractivity contribution in [3.63, 3.8) is 0 Å². The van der Waals surface area contributed by atoms with Gasteiger partial charge in [-0.1, -0.05) is 65.3 Å². The largest absolute Gasteiger partial charge is 0.342 e. The molecule has 3 aromatic rings. The van der Waals surface area contributed by atoms with Gasteiger partial charge in [-0.05, 0) is 38.2 Å². The first-order valence-corrected chi connectivity index (χ1v) is 10.4. The molecule has 0 unspecified atom stereocenters. The molecule has 2 heterocycles. The summed E-state index contributed by atoms with van der Waals surface area (Å²) < 4.78 is 5.57. The molecular formula is C24H25N3O2. The number of aromatic nitrogens is 2. The van der Waals surface area contributed by atoms with Crippen molar-refractivity contribution in [1.82, 2.24) is 15.0 Å². The molecule has 1 saturated heterocycles. The minimum Gasteiger partial charge on any atom is -0.342 e. The van der Waals surface area contributed by atoms with Crippen LogP contribution < -0.4 is 0 Å². The van der Waals surface area contributed by atoms with Crippen molar-refractivity contribution in [2.75, 3.05) is 13.1 Å². The number of carbonyl (C=O) groups is 1. The van der Waals surface area contributed by atoms with E-state index in [1.807, 2.05) is 35.2 Å². The van der Waals surface area contributed by atoms with Crippen LogP contribution in [0.3, 0.4) is 0 Å². The van der Waals surface area contributed by atoms with Crippen LogP contribution in [0.4, 0.5) is 0 Å². The maximum absolute atomic E-state index is 13.2. The minimum atomic E-state index is -0.281. The van der Waals surface area contributed by atoms with Crippen molar-refractivity contribution >= 4 is 5.91 Å². The maximum atomic E-state index is 13.2. The Bertz CT molecular complexity index is 998. The van der Waals surface area contributed by atoms with Gasteiger partial charge in [0.1, 0.15) is 0 Å². The van der Waals surface area contributed by atoms with E-state index in [0.29, 0.717) is 11.7 Å². The summed E-state index contributed by atoms with van der Waals surface area (Å²) in [4.78, 5) is 19.9. The summed E-state index contributed by atoms with van der Waals surface area (Å²) in [6, 6.07) is 18.4. The number of aryl methyl sites for hydroxylation is 1. The number of nitrogens with zero attached hydrogens (tertiary/aromatic N) is 3. The molecule has 29 heavy (non-hydrogen) atoms. The van der Waals surface area contributed by atoms with Crippen LogP contribution in [0.5, 0.6) is 0 Å². The highest BCUT2D eigenvalue weighted by Gasteiger charge is 2.53. The van der Waals surface area contributed by atoms with Crippen LogP contribution in [0.15, 0.2) is 59.1 Å². The monoisotopic (exact) mass is 387 g/mol. The van der Waals surface area contributed by atoms with Crippen molar-refractivity contribution in [3.8, 4) is 11.4 Å². The molecule has 1 saturated carbocycles. The van der Waals surface area contributed by atoms with Crippen molar-refractivity contribution in [2.45, 2.75) is 43.9 Å². The average molecular weight is 387 g/mol. The van der Waals surface area contributed by atoms with E-state index < -0.39 is 0 Å². The van der Waals surface area contributed by atoms with Gasteiger partial charge in [0.25, 0.3) is 0 Å². The van der Waals surface area contributed by atoms with E-state index in [-0.39, 0.29) is 17.2 Å². The van der Waals surface area contributed by atoms with Gasteiger partial charge in [0, 0.05) is 24.6 Å². The van der Waals surface area contributed by atoms with Crippen LogP contribution in [0, 0.1) is 6.92 Å². The number of amides is 1. The Morgan fingerprint density at radius 1 is 1.03 bits per heavy atom. The second kappa shape index (κ2) is 7.14. The fraction of sp³-hybridized carbons (Fsp3) is 0.375. The van der Waals surface area contributed by atoms with Crippen LogP contribution in [-0.2, 0) is 10.2 Å². The number of benzene rings is 2. The van der Waals surface area contributed by atoms with Crippen LogP contribution >= 0.6 is 0 Å². The Labute approximate surface area is 170 Å². The van der Waals surface area contributed by atoms with Gasteiger partial charge >= 0.3 is 0 Å². The molecule has 0 atom stereocenters. The van der Waals surface area contributed by atoms with E-state index in [9.17, 15) is 4.79 Å². The third-order valence-electron chi connectivity index (χ3n) is 6.37. The predicted molar refractivity (Wildman–Crippen MR) is 110 cm³/mol. The quantitative estimate of drug-likeness (QED) is 0.662. The molecule has 1 aliphatic heterocycles. The third-order valence-corrected chi connectivity index (χ3v) is 6.37. The van der Waals surface area contributed by atoms with Crippen LogP contribution in [0.2, 0.25) is 0 Å². The fourth-order valence-electron chi connectivity index (χ4n) is 4.36. The minimum absolute atomic E-state index is 0.220. The van der Waals surface area contributed by atoms with Crippen LogP contribution in [0.1, 0.15) is 48.6 Å². The van der Waals surface area contributed by atoms with Gasteiger partial charge in [-0.2, -0.15) is 4.98 Å². The average Bonchev–Trinajstić information content (AvgIpc) is 3.44. The molecule has 1 aliphatic carbocycles. The molecule has 2 fully saturated rings. The van der Waals surface area contributed by atoms with E-state index in [2.05, 4.69) is 41.3 Å². The van der Waals surface area contributed by atoms with Crippen LogP contribution in [0.25, 0.3) is 11.4 Å². The maximum Gasteiger partial charge on any atom is 0.233 e. The molecule has 2 aliphatic rings. The number of likely N-dealkylation sites (tertiary alicyclic amines) is 1. The summed E-state index contributed by atoms with van der Waals surface area (Å²) in [5.74, 6) is 1.84. The van der Waals surface area contributed by atoms with E-state index in [1.165, 1.54) is 5.56 Å². The highest BCUT2D eigenvalue weighted by atomic mass is 16.5. The summed E-state index contributed by atoms with van der Waals surface area (Å²) in [6.45, 7) is 3.56. The summed E-state index contributed by atoms with van der Waals surface area (Å²) in [5, 5.41) is 4.17. The molecule has 148 valence electrons. The third kappa shape index (κ3) is 3.35. The first-order chi connectivity index (χ1) is 14.2. The number of hydrogen-bond acceptors (Lipinski definition) is 4. The van der Waals surface area contributed by atoms with Crippen molar-refractivity contribution < 1.29 is 9.32 Å². The zero-order valence-corrected chi connectivity index (χ0v) is 16.7.